The fourth-order valence-electron chi connectivity index (χ4n) is 4.90. The van der Waals surface area contributed by atoms with Gasteiger partial charge in [-0.1, -0.05) is 12.1 Å². The molecule has 3 unspecified atom stereocenters. The number of nitrogens with zero attached hydrogens (tertiary/aromatic N) is 1. The maximum atomic E-state index is 12.9. The average Bonchev–Trinajstić information content (AvgIpc) is 3.33. The molecule has 1 saturated carbocycles. The molecule has 7 nitrogen and oxygen atoms in total. The van der Waals surface area contributed by atoms with E-state index in [0.29, 0.717) is 24.6 Å². The fourth-order valence-corrected chi connectivity index (χ4v) is 4.90. The normalized spacial score (nSPS) is 29.9. The highest BCUT2D eigenvalue weighted by molar-refractivity contribution is 6.05. The molecular weight excluding hydrogens is 356 g/mol. The van der Waals surface area contributed by atoms with Gasteiger partial charge in [0.1, 0.15) is 6.04 Å². The molecule has 3 amide bonds. The Morgan fingerprint density at radius 3 is 2.75 bits per heavy atom. The number of piperidine rings is 1. The maximum absolute atomic E-state index is 12.9. The Morgan fingerprint density at radius 1 is 1.11 bits per heavy atom. The van der Waals surface area contributed by atoms with Crippen molar-refractivity contribution in [2.45, 2.75) is 50.9 Å². The Hall–Kier alpha value is -2.25. The largest absolute Gasteiger partial charge is 0.322 e. The van der Waals surface area contributed by atoms with Gasteiger partial charge < -0.3 is 15.5 Å². The molecule has 1 aromatic rings. The van der Waals surface area contributed by atoms with Gasteiger partial charge in [-0.3, -0.25) is 19.7 Å². The lowest BCUT2D eigenvalue weighted by Crippen LogP contribution is -2.52. The van der Waals surface area contributed by atoms with Crippen molar-refractivity contribution in [3.63, 3.8) is 0 Å². The zero-order valence-electron chi connectivity index (χ0n) is 15.9. The van der Waals surface area contributed by atoms with Crippen molar-refractivity contribution in [2.75, 3.05) is 13.1 Å². The molecule has 0 radical (unpaired) electrons. The Kier molecular flexibility index (Phi) is 4.44. The molecule has 7 heteroatoms. The van der Waals surface area contributed by atoms with Crippen LogP contribution in [0.15, 0.2) is 18.2 Å². The number of benzene rings is 1. The Balaban J connectivity index is 1.26. The predicted octanol–water partition coefficient (Wildman–Crippen LogP) is 0.535. The van der Waals surface area contributed by atoms with Crippen molar-refractivity contribution in [3.05, 3.63) is 34.9 Å². The number of carbonyl (C=O) groups excluding carboxylic acids is 3. The van der Waals surface area contributed by atoms with Gasteiger partial charge in [-0.2, -0.15) is 0 Å². The monoisotopic (exact) mass is 382 g/mol. The molecule has 1 aliphatic carbocycles. The number of hydrogen-bond acceptors (Lipinski definition) is 5. The molecule has 148 valence electrons. The third-order valence-corrected chi connectivity index (χ3v) is 6.65. The van der Waals surface area contributed by atoms with Gasteiger partial charge in [0.2, 0.25) is 11.8 Å². The summed E-state index contributed by atoms with van der Waals surface area (Å²) in [4.78, 5) is 38.1. The van der Waals surface area contributed by atoms with Crippen LogP contribution in [-0.4, -0.2) is 47.8 Å². The van der Waals surface area contributed by atoms with E-state index in [1.807, 2.05) is 12.1 Å². The SMILES string of the molecule is O=C1CCC(N2Cc3ccc(CNC4CNCC4C4CC4)cc3C2=O)C(=O)N1. The van der Waals surface area contributed by atoms with E-state index in [4.69, 9.17) is 0 Å². The summed E-state index contributed by atoms with van der Waals surface area (Å²) in [6.45, 7) is 3.29. The van der Waals surface area contributed by atoms with E-state index in [1.165, 1.54) is 12.8 Å². The number of nitrogens with one attached hydrogen (secondary N) is 3. The van der Waals surface area contributed by atoms with Crippen LogP contribution in [-0.2, 0) is 22.7 Å². The Morgan fingerprint density at radius 2 is 1.96 bits per heavy atom. The predicted molar refractivity (Wildman–Crippen MR) is 102 cm³/mol. The summed E-state index contributed by atoms with van der Waals surface area (Å²) in [6.07, 6.45) is 3.39. The van der Waals surface area contributed by atoms with Crippen LogP contribution < -0.4 is 16.0 Å². The molecule has 3 fully saturated rings. The van der Waals surface area contributed by atoms with Crippen molar-refractivity contribution >= 4 is 17.7 Å². The summed E-state index contributed by atoms with van der Waals surface area (Å²) in [6, 6.07) is 5.98. The van der Waals surface area contributed by atoms with E-state index in [9.17, 15) is 14.4 Å². The van der Waals surface area contributed by atoms with Gasteiger partial charge in [0.25, 0.3) is 5.91 Å². The maximum Gasteiger partial charge on any atom is 0.255 e. The highest BCUT2D eigenvalue weighted by Crippen LogP contribution is 2.39. The quantitative estimate of drug-likeness (QED) is 0.647. The second kappa shape index (κ2) is 6.97. The van der Waals surface area contributed by atoms with E-state index >= 15 is 0 Å². The Labute approximate surface area is 164 Å². The highest BCUT2D eigenvalue weighted by atomic mass is 16.2. The summed E-state index contributed by atoms with van der Waals surface area (Å²) < 4.78 is 0. The first-order chi connectivity index (χ1) is 13.6. The standard InChI is InChI=1S/C21H26N4O3/c26-19-6-5-18(20(27)24-19)25-11-14-2-1-12(7-15(14)21(25)28)8-23-17-10-22-9-16(17)13-3-4-13/h1-2,7,13,16-18,22-23H,3-6,8-11H2,(H,24,26,27). The summed E-state index contributed by atoms with van der Waals surface area (Å²) in [5.41, 5.74) is 2.74. The minimum atomic E-state index is -0.553. The zero-order valence-corrected chi connectivity index (χ0v) is 15.9. The van der Waals surface area contributed by atoms with Crippen LogP contribution in [0.3, 0.4) is 0 Å². The number of hydrogen-bond donors (Lipinski definition) is 3. The fraction of sp³-hybridized carbons (Fsp3) is 0.571. The molecule has 1 aromatic carbocycles. The highest BCUT2D eigenvalue weighted by Gasteiger charge is 2.40. The van der Waals surface area contributed by atoms with E-state index in [0.717, 1.165) is 42.6 Å². The first kappa shape index (κ1) is 17.8. The lowest BCUT2D eigenvalue weighted by molar-refractivity contribution is -0.136. The van der Waals surface area contributed by atoms with E-state index in [2.05, 4.69) is 22.0 Å². The molecule has 28 heavy (non-hydrogen) atoms. The molecular formula is C21H26N4O3. The van der Waals surface area contributed by atoms with Crippen LogP contribution in [0, 0.1) is 11.8 Å². The van der Waals surface area contributed by atoms with Gasteiger partial charge in [0, 0.05) is 37.7 Å². The number of amides is 3. The van der Waals surface area contributed by atoms with Gasteiger partial charge >= 0.3 is 0 Å². The first-order valence-electron chi connectivity index (χ1n) is 10.3. The molecule has 3 atom stereocenters. The molecule has 5 rings (SSSR count). The van der Waals surface area contributed by atoms with Gasteiger partial charge in [-0.25, -0.2) is 0 Å². The van der Waals surface area contributed by atoms with Crippen molar-refractivity contribution in [3.8, 4) is 0 Å². The van der Waals surface area contributed by atoms with E-state index < -0.39 is 6.04 Å². The van der Waals surface area contributed by atoms with E-state index in [1.54, 1.807) is 4.90 Å². The van der Waals surface area contributed by atoms with Crippen molar-refractivity contribution in [1.29, 1.82) is 0 Å². The average molecular weight is 382 g/mol. The van der Waals surface area contributed by atoms with E-state index in [-0.39, 0.29) is 24.1 Å². The van der Waals surface area contributed by atoms with Crippen molar-refractivity contribution < 1.29 is 14.4 Å². The van der Waals surface area contributed by atoms with Crippen LogP contribution in [0.5, 0.6) is 0 Å². The van der Waals surface area contributed by atoms with Gasteiger partial charge in [0.05, 0.1) is 0 Å². The molecule has 0 spiro atoms. The molecule has 3 aliphatic heterocycles. The molecule has 0 bridgehead atoms. The molecule has 3 heterocycles. The molecule has 0 aromatic heterocycles. The molecule has 4 aliphatic rings. The first-order valence-corrected chi connectivity index (χ1v) is 10.3. The topological polar surface area (TPSA) is 90.5 Å². The third kappa shape index (κ3) is 3.22. The van der Waals surface area contributed by atoms with Crippen LogP contribution in [0.1, 0.15) is 47.2 Å². The zero-order chi connectivity index (χ0) is 19.3. The lowest BCUT2D eigenvalue weighted by Gasteiger charge is -2.29. The van der Waals surface area contributed by atoms with Crippen molar-refractivity contribution in [2.24, 2.45) is 11.8 Å². The van der Waals surface area contributed by atoms with Crippen LogP contribution in [0.4, 0.5) is 0 Å². The number of imide groups is 1. The van der Waals surface area contributed by atoms with Gasteiger partial charge in [-0.15, -0.1) is 0 Å². The number of carbonyl (C=O) groups is 3. The Bertz CT molecular complexity index is 835. The smallest absolute Gasteiger partial charge is 0.255 e. The molecule has 2 saturated heterocycles. The summed E-state index contributed by atoms with van der Waals surface area (Å²) in [7, 11) is 0. The summed E-state index contributed by atoms with van der Waals surface area (Å²) in [5.74, 6) is 0.865. The summed E-state index contributed by atoms with van der Waals surface area (Å²) in [5, 5.41) is 9.51. The number of rotatable bonds is 5. The van der Waals surface area contributed by atoms with Gasteiger partial charge in [0.15, 0.2) is 0 Å². The minimum Gasteiger partial charge on any atom is -0.322 e. The third-order valence-electron chi connectivity index (χ3n) is 6.65. The van der Waals surface area contributed by atoms with Crippen LogP contribution in [0.2, 0.25) is 0 Å². The minimum absolute atomic E-state index is 0.107. The van der Waals surface area contributed by atoms with Crippen LogP contribution >= 0.6 is 0 Å². The van der Waals surface area contributed by atoms with Crippen LogP contribution in [0.25, 0.3) is 0 Å². The summed E-state index contributed by atoms with van der Waals surface area (Å²) >= 11 is 0. The molecule has 3 N–H and O–H groups in total. The second-order valence-corrected chi connectivity index (χ2v) is 8.54. The number of fused-ring (bicyclic) bond motifs is 1. The van der Waals surface area contributed by atoms with Gasteiger partial charge in [-0.05, 0) is 54.8 Å². The second-order valence-electron chi connectivity index (χ2n) is 8.54. The lowest BCUT2D eigenvalue weighted by atomic mass is 9.97. The van der Waals surface area contributed by atoms with Crippen molar-refractivity contribution in [1.82, 2.24) is 20.9 Å².